The summed E-state index contributed by atoms with van der Waals surface area (Å²) in [5.41, 5.74) is 1.36. The van der Waals surface area contributed by atoms with E-state index in [-0.39, 0.29) is 17.4 Å². The molecule has 3 N–H and O–H groups in total. The molecule has 2 aromatic rings. The summed E-state index contributed by atoms with van der Waals surface area (Å²) in [6.07, 6.45) is 3.12. The number of rotatable bonds is 4. The Morgan fingerprint density at radius 1 is 1.35 bits per heavy atom. The molecule has 0 bridgehead atoms. The van der Waals surface area contributed by atoms with Crippen molar-refractivity contribution in [3.8, 4) is 0 Å². The van der Waals surface area contributed by atoms with Gasteiger partial charge in [-0.15, -0.1) is 0 Å². The van der Waals surface area contributed by atoms with Crippen LogP contribution < -0.4 is 5.32 Å². The Kier molecular flexibility index (Phi) is 4.31. The number of nitrogens with zero attached hydrogens (tertiary/aromatic N) is 1. The van der Waals surface area contributed by atoms with Crippen molar-refractivity contribution in [2.24, 2.45) is 5.92 Å². The van der Waals surface area contributed by atoms with Gasteiger partial charge < -0.3 is 20.2 Å². The number of amides is 1. The summed E-state index contributed by atoms with van der Waals surface area (Å²) in [5, 5.41) is 14.6. The number of carboxylic acid groups (broad SMARTS) is 1. The number of H-pyrrole nitrogens is 1. The van der Waals surface area contributed by atoms with Gasteiger partial charge in [0, 0.05) is 41.8 Å². The number of nitrogens with one attached hydrogen (secondary N) is 2. The van der Waals surface area contributed by atoms with Crippen LogP contribution in [0.25, 0.3) is 10.9 Å². The monoisotopic (exact) mass is 317 g/mol. The minimum Gasteiger partial charge on any atom is -0.478 e. The quantitative estimate of drug-likeness (QED) is 0.802. The van der Waals surface area contributed by atoms with Crippen LogP contribution in [0.15, 0.2) is 24.4 Å². The molecule has 3 rings (SSSR count). The van der Waals surface area contributed by atoms with Crippen molar-refractivity contribution in [3.63, 3.8) is 0 Å². The molecule has 7 heteroatoms. The van der Waals surface area contributed by atoms with Crippen molar-refractivity contribution < 1.29 is 19.5 Å². The fourth-order valence-electron chi connectivity index (χ4n) is 2.96. The molecule has 122 valence electrons. The van der Waals surface area contributed by atoms with Crippen LogP contribution in [0.4, 0.5) is 5.69 Å². The molecule has 0 unspecified atom stereocenters. The summed E-state index contributed by atoms with van der Waals surface area (Å²) < 4.78 is 0. The van der Waals surface area contributed by atoms with Crippen LogP contribution >= 0.6 is 0 Å². The molecule has 0 atom stereocenters. The van der Waals surface area contributed by atoms with Gasteiger partial charge in [0.05, 0.1) is 12.7 Å². The molecule has 1 amide bonds. The molecule has 23 heavy (non-hydrogen) atoms. The highest BCUT2D eigenvalue weighted by Crippen LogP contribution is 2.25. The van der Waals surface area contributed by atoms with Crippen molar-refractivity contribution in [1.82, 2.24) is 10.0 Å². The van der Waals surface area contributed by atoms with Gasteiger partial charge in [-0.1, -0.05) is 0 Å². The van der Waals surface area contributed by atoms with E-state index < -0.39 is 5.97 Å². The second-order valence-electron chi connectivity index (χ2n) is 5.64. The number of benzene rings is 1. The van der Waals surface area contributed by atoms with Crippen LogP contribution in [0, 0.1) is 5.92 Å². The first-order chi connectivity index (χ1) is 11.1. The van der Waals surface area contributed by atoms with Crippen LogP contribution in [0.3, 0.4) is 0 Å². The number of aromatic amines is 1. The highest BCUT2D eigenvalue weighted by molar-refractivity contribution is 6.06. The van der Waals surface area contributed by atoms with Crippen molar-refractivity contribution in [3.05, 3.63) is 30.0 Å². The van der Waals surface area contributed by atoms with Gasteiger partial charge in [0.25, 0.3) is 0 Å². The lowest BCUT2D eigenvalue weighted by molar-refractivity contribution is -0.152. The smallest absolute Gasteiger partial charge is 0.336 e. The molecule has 0 radical (unpaired) electrons. The standard InChI is InChI=1S/C16H19N3O4/c1-23-19-6-3-10(4-7-19)15(20)18-11-8-13(16(21)22)12-2-5-17-14(12)9-11/h2,5,8-10,17H,3-4,6-7H2,1H3,(H,18,20)(H,21,22). The average molecular weight is 317 g/mol. The van der Waals surface area contributed by atoms with Crippen LogP contribution in [-0.4, -0.2) is 47.2 Å². The number of anilines is 1. The predicted octanol–water partition coefficient (Wildman–Crippen LogP) is 2.08. The Morgan fingerprint density at radius 2 is 2.09 bits per heavy atom. The number of aromatic carboxylic acids is 1. The Bertz CT molecular complexity index is 732. The zero-order chi connectivity index (χ0) is 16.4. The molecule has 0 saturated carbocycles. The summed E-state index contributed by atoms with van der Waals surface area (Å²) in [5.74, 6) is -1.18. The lowest BCUT2D eigenvalue weighted by Crippen LogP contribution is -2.37. The number of carboxylic acids is 1. The van der Waals surface area contributed by atoms with Gasteiger partial charge in [-0.3, -0.25) is 4.79 Å². The first-order valence-corrected chi connectivity index (χ1v) is 7.53. The van der Waals surface area contributed by atoms with Crippen LogP contribution in [-0.2, 0) is 9.63 Å². The molecular formula is C16H19N3O4. The van der Waals surface area contributed by atoms with Crippen LogP contribution in [0.5, 0.6) is 0 Å². The minimum absolute atomic E-state index is 0.0806. The maximum absolute atomic E-state index is 12.4. The van der Waals surface area contributed by atoms with Crippen molar-refractivity contribution in [2.45, 2.75) is 12.8 Å². The lowest BCUT2D eigenvalue weighted by Gasteiger charge is -2.29. The second-order valence-corrected chi connectivity index (χ2v) is 5.64. The molecule has 2 heterocycles. The van der Waals surface area contributed by atoms with Gasteiger partial charge in [0.2, 0.25) is 5.91 Å². The number of hydrogen-bond acceptors (Lipinski definition) is 4. The van der Waals surface area contributed by atoms with E-state index in [1.807, 2.05) is 5.06 Å². The zero-order valence-corrected chi connectivity index (χ0v) is 12.8. The molecule has 1 aromatic heterocycles. The fraction of sp³-hybridized carbons (Fsp3) is 0.375. The number of hydrogen-bond donors (Lipinski definition) is 3. The topological polar surface area (TPSA) is 94.7 Å². The third-order valence-electron chi connectivity index (χ3n) is 4.25. The summed E-state index contributed by atoms with van der Waals surface area (Å²) in [6, 6.07) is 4.97. The van der Waals surface area contributed by atoms with E-state index in [9.17, 15) is 14.7 Å². The minimum atomic E-state index is -1.01. The molecule has 1 aliphatic rings. The van der Waals surface area contributed by atoms with Gasteiger partial charge in [-0.05, 0) is 31.0 Å². The summed E-state index contributed by atoms with van der Waals surface area (Å²) in [4.78, 5) is 31.9. The predicted molar refractivity (Wildman–Crippen MR) is 85.2 cm³/mol. The molecule has 7 nitrogen and oxygen atoms in total. The number of hydroxylamine groups is 2. The van der Waals surface area contributed by atoms with Crippen molar-refractivity contribution in [2.75, 3.05) is 25.5 Å². The van der Waals surface area contributed by atoms with E-state index in [4.69, 9.17) is 4.84 Å². The van der Waals surface area contributed by atoms with Gasteiger partial charge in [0.15, 0.2) is 0 Å². The molecule has 0 spiro atoms. The lowest BCUT2D eigenvalue weighted by atomic mass is 9.97. The maximum atomic E-state index is 12.4. The fourth-order valence-corrected chi connectivity index (χ4v) is 2.96. The van der Waals surface area contributed by atoms with E-state index in [2.05, 4.69) is 10.3 Å². The SMILES string of the molecule is CON1CCC(C(=O)Nc2cc(C(=O)O)c3cc[nH]c3c2)CC1. The number of fused-ring (bicyclic) bond motifs is 1. The maximum Gasteiger partial charge on any atom is 0.336 e. The Balaban J connectivity index is 1.76. The highest BCUT2D eigenvalue weighted by atomic mass is 16.7. The first-order valence-electron chi connectivity index (χ1n) is 7.53. The molecular weight excluding hydrogens is 298 g/mol. The number of piperidine rings is 1. The number of carbonyl (C=O) groups is 2. The van der Waals surface area contributed by atoms with Gasteiger partial charge in [0.1, 0.15) is 0 Å². The number of aromatic nitrogens is 1. The molecule has 1 aliphatic heterocycles. The van der Waals surface area contributed by atoms with Crippen molar-refractivity contribution in [1.29, 1.82) is 0 Å². The summed E-state index contributed by atoms with van der Waals surface area (Å²) in [6.45, 7) is 1.43. The second kappa shape index (κ2) is 6.39. The number of carbonyl (C=O) groups excluding carboxylic acids is 1. The highest BCUT2D eigenvalue weighted by Gasteiger charge is 2.25. The van der Waals surface area contributed by atoms with E-state index in [0.29, 0.717) is 29.7 Å². The first kappa shape index (κ1) is 15.5. The van der Waals surface area contributed by atoms with Crippen LogP contribution in [0.2, 0.25) is 0 Å². The third kappa shape index (κ3) is 3.20. The largest absolute Gasteiger partial charge is 0.478 e. The normalized spacial score (nSPS) is 16.6. The molecule has 1 saturated heterocycles. The average Bonchev–Trinajstić information content (AvgIpc) is 3.02. The Morgan fingerprint density at radius 3 is 2.74 bits per heavy atom. The summed E-state index contributed by atoms with van der Waals surface area (Å²) in [7, 11) is 1.62. The Labute approximate surface area is 133 Å². The van der Waals surface area contributed by atoms with Crippen LogP contribution in [0.1, 0.15) is 23.2 Å². The molecule has 1 fully saturated rings. The zero-order valence-electron chi connectivity index (χ0n) is 12.8. The third-order valence-corrected chi connectivity index (χ3v) is 4.25. The van der Waals surface area contributed by atoms with E-state index in [0.717, 1.165) is 12.8 Å². The summed E-state index contributed by atoms with van der Waals surface area (Å²) >= 11 is 0. The van der Waals surface area contributed by atoms with E-state index in [1.165, 1.54) is 6.07 Å². The van der Waals surface area contributed by atoms with Crippen molar-refractivity contribution >= 4 is 28.5 Å². The molecule has 1 aromatic carbocycles. The van der Waals surface area contributed by atoms with E-state index in [1.54, 1.807) is 25.4 Å². The van der Waals surface area contributed by atoms with E-state index >= 15 is 0 Å². The molecule has 0 aliphatic carbocycles. The van der Waals surface area contributed by atoms with Gasteiger partial charge in [-0.25, -0.2) is 4.79 Å². The van der Waals surface area contributed by atoms with Gasteiger partial charge >= 0.3 is 5.97 Å². The van der Waals surface area contributed by atoms with Gasteiger partial charge in [-0.2, -0.15) is 5.06 Å². The Hall–Kier alpha value is -2.38.